The Morgan fingerprint density at radius 1 is 1.12 bits per heavy atom. The average molecular weight is 221 g/mol. The second-order valence-corrected chi connectivity index (χ2v) is 4.43. The highest BCUT2D eigenvalue weighted by molar-refractivity contribution is 5.78. The smallest absolute Gasteiger partial charge is 0.234 e. The molecule has 0 saturated carbocycles. The molecule has 1 aliphatic heterocycles. The van der Waals surface area contributed by atoms with E-state index >= 15 is 0 Å². The van der Waals surface area contributed by atoms with Gasteiger partial charge in [-0.1, -0.05) is 25.7 Å². The molecule has 0 atom stereocenters. The highest BCUT2D eigenvalue weighted by Crippen LogP contribution is 2.09. The molecule has 1 saturated heterocycles. The van der Waals surface area contributed by atoms with Crippen molar-refractivity contribution in [1.82, 2.24) is 4.90 Å². The largest absolute Gasteiger partial charge is 0.342 e. The third-order valence-electron chi connectivity index (χ3n) is 2.98. The van der Waals surface area contributed by atoms with Crippen LogP contribution in [0.1, 0.15) is 58.3 Å². The lowest BCUT2D eigenvalue weighted by molar-refractivity contribution is -0.130. The number of rotatable bonds is 4. The summed E-state index contributed by atoms with van der Waals surface area (Å²) < 4.78 is 0. The van der Waals surface area contributed by atoms with Crippen LogP contribution in [-0.2, 0) is 4.79 Å². The highest BCUT2D eigenvalue weighted by atomic mass is 16.2. The maximum atomic E-state index is 11.7. The molecule has 1 aliphatic rings. The van der Waals surface area contributed by atoms with Crippen molar-refractivity contribution in [2.24, 2.45) is 0 Å². The molecule has 1 fully saturated rings. The van der Waals surface area contributed by atoms with Gasteiger partial charge in [0.15, 0.2) is 0 Å². The van der Waals surface area contributed by atoms with Crippen molar-refractivity contribution in [1.29, 1.82) is 0 Å². The second-order valence-electron chi connectivity index (χ2n) is 4.43. The summed E-state index contributed by atoms with van der Waals surface area (Å²) in [5, 5.41) is 0. The van der Waals surface area contributed by atoms with Crippen LogP contribution >= 0.6 is 0 Å². The van der Waals surface area contributed by atoms with E-state index in [0.29, 0.717) is 6.42 Å². The Morgan fingerprint density at radius 3 is 2.56 bits per heavy atom. The first kappa shape index (κ1) is 13.1. The summed E-state index contributed by atoms with van der Waals surface area (Å²) in [5.41, 5.74) is 0. The molecular weight excluding hydrogens is 198 g/mol. The van der Waals surface area contributed by atoms with Gasteiger partial charge in [-0.3, -0.25) is 4.79 Å². The zero-order valence-electron chi connectivity index (χ0n) is 10.4. The molecule has 0 aliphatic carbocycles. The predicted molar refractivity (Wildman–Crippen MR) is 67.0 cm³/mol. The van der Waals surface area contributed by atoms with Crippen LogP contribution in [0, 0.1) is 11.8 Å². The summed E-state index contributed by atoms with van der Waals surface area (Å²) in [4.78, 5) is 13.7. The van der Waals surface area contributed by atoms with E-state index in [9.17, 15) is 4.79 Å². The molecule has 0 bridgehead atoms. The number of nitrogens with zero attached hydrogens (tertiary/aromatic N) is 1. The molecule has 1 amide bonds. The van der Waals surface area contributed by atoms with E-state index in [0.717, 1.165) is 32.4 Å². The lowest BCUT2D eigenvalue weighted by atomic mass is 10.1. The first-order valence-electron chi connectivity index (χ1n) is 6.58. The van der Waals surface area contributed by atoms with Gasteiger partial charge in [0.25, 0.3) is 0 Å². The van der Waals surface area contributed by atoms with Gasteiger partial charge in [-0.05, 0) is 25.7 Å². The monoisotopic (exact) mass is 221 g/mol. The Kier molecular flexibility index (Phi) is 6.72. The van der Waals surface area contributed by atoms with Crippen LogP contribution in [0.3, 0.4) is 0 Å². The van der Waals surface area contributed by atoms with Gasteiger partial charge in [0.05, 0.1) is 6.42 Å². The molecule has 1 heterocycles. The standard InChI is InChI=1S/C14H23NO/c1-2-3-4-5-6-8-11-14(16)15-12-9-7-10-13-15/h2-5,7,9-13H2,1H3. The second kappa shape index (κ2) is 8.21. The van der Waals surface area contributed by atoms with Crippen LogP contribution in [0.2, 0.25) is 0 Å². The maximum absolute atomic E-state index is 11.7. The van der Waals surface area contributed by atoms with E-state index < -0.39 is 0 Å². The average Bonchev–Trinajstić information content (AvgIpc) is 2.34. The lowest BCUT2D eigenvalue weighted by Crippen LogP contribution is -2.35. The predicted octanol–water partition coefficient (Wildman–Crippen LogP) is 2.97. The summed E-state index contributed by atoms with van der Waals surface area (Å²) in [7, 11) is 0. The molecule has 0 unspecified atom stereocenters. The molecule has 0 aromatic rings. The molecule has 0 N–H and O–H groups in total. The van der Waals surface area contributed by atoms with Crippen LogP contribution < -0.4 is 0 Å². The fourth-order valence-electron chi connectivity index (χ4n) is 1.95. The van der Waals surface area contributed by atoms with Crippen molar-refractivity contribution >= 4 is 5.91 Å². The number of piperidine rings is 1. The molecule has 2 heteroatoms. The number of hydrogen-bond donors (Lipinski definition) is 0. The maximum Gasteiger partial charge on any atom is 0.234 e. The van der Waals surface area contributed by atoms with Gasteiger partial charge in [-0.15, -0.1) is 5.92 Å². The highest BCUT2D eigenvalue weighted by Gasteiger charge is 2.14. The van der Waals surface area contributed by atoms with Gasteiger partial charge in [-0.2, -0.15) is 0 Å². The number of unbranched alkanes of at least 4 members (excludes halogenated alkanes) is 3. The summed E-state index contributed by atoms with van der Waals surface area (Å²) in [6.07, 6.45) is 8.61. The molecular formula is C14H23NO. The van der Waals surface area contributed by atoms with E-state index in [-0.39, 0.29) is 5.91 Å². The quantitative estimate of drug-likeness (QED) is 0.528. The molecule has 0 radical (unpaired) electrons. The minimum atomic E-state index is 0.225. The van der Waals surface area contributed by atoms with E-state index in [4.69, 9.17) is 0 Å². The Labute approximate surface area is 99.4 Å². The van der Waals surface area contributed by atoms with Crippen molar-refractivity contribution in [2.75, 3.05) is 13.1 Å². The lowest BCUT2D eigenvalue weighted by Gasteiger charge is -2.25. The minimum absolute atomic E-state index is 0.225. The van der Waals surface area contributed by atoms with E-state index in [1.54, 1.807) is 0 Å². The Morgan fingerprint density at radius 2 is 1.88 bits per heavy atom. The molecule has 0 aromatic carbocycles. The van der Waals surface area contributed by atoms with Crippen molar-refractivity contribution < 1.29 is 4.79 Å². The summed E-state index contributed by atoms with van der Waals surface area (Å²) in [6, 6.07) is 0. The van der Waals surface area contributed by atoms with Crippen LogP contribution in [0.15, 0.2) is 0 Å². The number of amides is 1. The summed E-state index contributed by atoms with van der Waals surface area (Å²) >= 11 is 0. The van der Waals surface area contributed by atoms with Gasteiger partial charge in [-0.25, -0.2) is 0 Å². The van der Waals surface area contributed by atoms with Gasteiger partial charge in [0.1, 0.15) is 0 Å². The molecule has 0 spiro atoms. The van der Waals surface area contributed by atoms with Crippen LogP contribution in [0.5, 0.6) is 0 Å². The molecule has 2 nitrogen and oxygen atoms in total. The van der Waals surface area contributed by atoms with E-state index in [1.807, 2.05) is 4.90 Å². The zero-order chi connectivity index (χ0) is 11.6. The molecule has 1 rings (SSSR count). The van der Waals surface area contributed by atoms with Gasteiger partial charge in [0.2, 0.25) is 5.91 Å². The molecule has 16 heavy (non-hydrogen) atoms. The number of carbonyl (C=O) groups excluding carboxylic acids is 1. The number of carbonyl (C=O) groups is 1. The fourth-order valence-corrected chi connectivity index (χ4v) is 1.95. The first-order valence-corrected chi connectivity index (χ1v) is 6.58. The van der Waals surface area contributed by atoms with Gasteiger partial charge in [0, 0.05) is 19.5 Å². The van der Waals surface area contributed by atoms with Gasteiger partial charge >= 0.3 is 0 Å². The third-order valence-corrected chi connectivity index (χ3v) is 2.98. The third kappa shape index (κ3) is 5.21. The SMILES string of the molecule is CCCCCC#CCC(=O)N1CCCCC1. The summed E-state index contributed by atoms with van der Waals surface area (Å²) in [5.74, 6) is 6.32. The zero-order valence-corrected chi connectivity index (χ0v) is 10.4. The van der Waals surface area contributed by atoms with Gasteiger partial charge < -0.3 is 4.90 Å². The number of likely N-dealkylation sites (tertiary alicyclic amines) is 1. The van der Waals surface area contributed by atoms with E-state index in [1.165, 1.54) is 25.7 Å². The molecule has 0 aromatic heterocycles. The van der Waals surface area contributed by atoms with Crippen LogP contribution in [-0.4, -0.2) is 23.9 Å². The first-order chi connectivity index (χ1) is 7.84. The molecule has 90 valence electrons. The normalized spacial score (nSPS) is 15.4. The van der Waals surface area contributed by atoms with E-state index in [2.05, 4.69) is 18.8 Å². The van der Waals surface area contributed by atoms with Crippen LogP contribution in [0.25, 0.3) is 0 Å². The van der Waals surface area contributed by atoms with Crippen molar-refractivity contribution in [2.45, 2.75) is 58.3 Å². The van der Waals surface area contributed by atoms with Crippen molar-refractivity contribution in [3.05, 3.63) is 0 Å². The summed E-state index contributed by atoms with van der Waals surface area (Å²) in [6.45, 7) is 4.07. The topological polar surface area (TPSA) is 20.3 Å². The fraction of sp³-hybridized carbons (Fsp3) is 0.786. The number of hydrogen-bond acceptors (Lipinski definition) is 1. The van der Waals surface area contributed by atoms with Crippen molar-refractivity contribution in [3.8, 4) is 11.8 Å². The Balaban J connectivity index is 2.13. The Hall–Kier alpha value is -0.970. The Bertz CT molecular complexity index is 256. The van der Waals surface area contributed by atoms with Crippen LogP contribution in [0.4, 0.5) is 0 Å². The van der Waals surface area contributed by atoms with Crippen molar-refractivity contribution in [3.63, 3.8) is 0 Å². The minimum Gasteiger partial charge on any atom is -0.342 e.